The van der Waals surface area contributed by atoms with E-state index in [9.17, 15) is 4.79 Å². The molecular formula is C12H16OS. The van der Waals surface area contributed by atoms with E-state index in [-0.39, 0.29) is 0 Å². The molecule has 0 heterocycles. The Balaban J connectivity index is 2.64. The zero-order valence-corrected chi connectivity index (χ0v) is 9.56. The molecule has 14 heavy (non-hydrogen) atoms. The van der Waals surface area contributed by atoms with Gasteiger partial charge in [0.1, 0.15) is 6.29 Å². The molecule has 0 aliphatic heterocycles. The van der Waals surface area contributed by atoms with Crippen molar-refractivity contribution in [2.75, 3.05) is 5.75 Å². The van der Waals surface area contributed by atoms with Crippen molar-refractivity contribution in [3.63, 3.8) is 0 Å². The SMILES string of the molecule is CCCCSc1ccc(C=O)cc1C. The average Bonchev–Trinajstić information content (AvgIpc) is 2.20. The summed E-state index contributed by atoms with van der Waals surface area (Å²) < 4.78 is 0. The molecule has 0 saturated heterocycles. The Kier molecular flexibility index (Phi) is 4.74. The molecule has 0 saturated carbocycles. The fourth-order valence-corrected chi connectivity index (χ4v) is 2.34. The summed E-state index contributed by atoms with van der Waals surface area (Å²) in [6, 6.07) is 5.87. The van der Waals surface area contributed by atoms with E-state index in [1.807, 2.05) is 30.0 Å². The maximum Gasteiger partial charge on any atom is 0.150 e. The second-order valence-corrected chi connectivity index (χ2v) is 4.48. The van der Waals surface area contributed by atoms with E-state index >= 15 is 0 Å². The Labute approximate surface area is 89.9 Å². The summed E-state index contributed by atoms with van der Waals surface area (Å²) in [5.41, 5.74) is 1.97. The van der Waals surface area contributed by atoms with Crippen molar-refractivity contribution in [1.82, 2.24) is 0 Å². The van der Waals surface area contributed by atoms with Gasteiger partial charge >= 0.3 is 0 Å². The van der Waals surface area contributed by atoms with Gasteiger partial charge in [0.15, 0.2) is 0 Å². The smallest absolute Gasteiger partial charge is 0.150 e. The van der Waals surface area contributed by atoms with Crippen LogP contribution in [0.3, 0.4) is 0 Å². The summed E-state index contributed by atoms with van der Waals surface area (Å²) in [7, 11) is 0. The Morgan fingerprint density at radius 2 is 2.21 bits per heavy atom. The summed E-state index contributed by atoms with van der Waals surface area (Å²) >= 11 is 1.87. The van der Waals surface area contributed by atoms with Crippen LogP contribution in [0.5, 0.6) is 0 Å². The van der Waals surface area contributed by atoms with Gasteiger partial charge in [0.05, 0.1) is 0 Å². The van der Waals surface area contributed by atoms with Gasteiger partial charge in [-0.2, -0.15) is 0 Å². The molecule has 2 heteroatoms. The van der Waals surface area contributed by atoms with E-state index in [2.05, 4.69) is 13.8 Å². The van der Waals surface area contributed by atoms with Crippen molar-refractivity contribution in [2.24, 2.45) is 0 Å². The summed E-state index contributed by atoms with van der Waals surface area (Å²) in [6.07, 6.45) is 3.38. The first-order valence-corrected chi connectivity index (χ1v) is 5.95. The van der Waals surface area contributed by atoms with Crippen LogP contribution in [0.2, 0.25) is 0 Å². The molecule has 0 N–H and O–H groups in total. The van der Waals surface area contributed by atoms with Crippen LogP contribution in [0.4, 0.5) is 0 Å². The van der Waals surface area contributed by atoms with Gasteiger partial charge in [0.2, 0.25) is 0 Å². The van der Waals surface area contributed by atoms with Gasteiger partial charge in [-0.25, -0.2) is 0 Å². The molecule has 0 unspecified atom stereocenters. The topological polar surface area (TPSA) is 17.1 Å². The number of carbonyl (C=O) groups is 1. The number of unbranched alkanes of at least 4 members (excludes halogenated alkanes) is 1. The summed E-state index contributed by atoms with van der Waals surface area (Å²) in [5, 5.41) is 0. The van der Waals surface area contributed by atoms with Gasteiger partial charge in [0, 0.05) is 10.5 Å². The quantitative estimate of drug-likeness (QED) is 0.417. The number of thioether (sulfide) groups is 1. The normalized spacial score (nSPS) is 10.1. The number of carbonyl (C=O) groups excluding carboxylic acids is 1. The van der Waals surface area contributed by atoms with Crippen molar-refractivity contribution in [3.8, 4) is 0 Å². The van der Waals surface area contributed by atoms with Crippen LogP contribution in [-0.2, 0) is 0 Å². The third kappa shape index (κ3) is 3.18. The van der Waals surface area contributed by atoms with E-state index in [4.69, 9.17) is 0 Å². The summed E-state index contributed by atoms with van der Waals surface area (Å²) in [6.45, 7) is 4.25. The van der Waals surface area contributed by atoms with Crippen molar-refractivity contribution < 1.29 is 4.79 Å². The monoisotopic (exact) mass is 208 g/mol. The molecule has 1 aromatic rings. The lowest BCUT2D eigenvalue weighted by atomic mass is 10.2. The molecule has 76 valence electrons. The fourth-order valence-electron chi connectivity index (χ4n) is 1.23. The molecule has 0 atom stereocenters. The highest BCUT2D eigenvalue weighted by Crippen LogP contribution is 2.23. The highest BCUT2D eigenvalue weighted by atomic mass is 32.2. The van der Waals surface area contributed by atoms with Crippen molar-refractivity contribution >= 4 is 18.0 Å². The molecule has 0 aromatic heterocycles. The van der Waals surface area contributed by atoms with E-state index < -0.39 is 0 Å². The third-order valence-electron chi connectivity index (χ3n) is 2.09. The average molecular weight is 208 g/mol. The zero-order valence-electron chi connectivity index (χ0n) is 8.75. The molecule has 0 fully saturated rings. The lowest BCUT2D eigenvalue weighted by Crippen LogP contribution is -1.86. The minimum atomic E-state index is 0.766. The van der Waals surface area contributed by atoms with E-state index in [1.165, 1.54) is 23.3 Å². The number of aldehydes is 1. The van der Waals surface area contributed by atoms with Crippen LogP contribution < -0.4 is 0 Å². The Morgan fingerprint density at radius 3 is 2.79 bits per heavy atom. The number of hydrogen-bond acceptors (Lipinski definition) is 2. The van der Waals surface area contributed by atoms with Gasteiger partial charge in [-0.15, -0.1) is 11.8 Å². The number of aryl methyl sites for hydroxylation is 1. The van der Waals surface area contributed by atoms with Crippen LogP contribution in [0.1, 0.15) is 35.7 Å². The van der Waals surface area contributed by atoms with Crippen LogP contribution in [-0.4, -0.2) is 12.0 Å². The number of hydrogen-bond donors (Lipinski definition) is 0. The maximum absolute atomic E-state index is 10.5. The standard InChI is InChI=1S/C12H16OS/c1-3-4-7-14-12-6-5-11(9-13)8-10(12)2/h5-6,8-9H,3-4,7H2,1-2H3. The first kappa shape index (κ1) is 11.3. The van der Waals surface area contributed by atoms with Crippen molar-refractivity contribution in [3.05, 3.63) is 29.3 Å². The predicted octanol–water partition coefficient (Wildman–Crippen LogP) is 3.70. The van der Waals surface area contributed by atoms with E-state index in [0.29, 0.717) is 0 Å². The van der Waals surface area contributed by atoms with Gasteiger partial charge in [0.25, 0.3) is 0 Å². The van der Waals surface area contributed by atoms with Gasteiger partial charge < -0.3 is 0 Å². The summed E-state index contributed by atoms with van der Waals surface area (Å²) in [4.78, 5) is 11.8. The lowest BCUT2D eigenvalue weighted by Gasteiger charge is -2.05. The minimum absolute atomic E-state index is 0.766. The fraction of sp³-hybridized carbons (Fsp3) is 0.417. The van der Waals surface area contributed by atoms with Gasteiger partial charge in [-0.1, -0.05) is 19.4 Å². The van der Waals surface area contributed by atoms with E-state index in [1.54, 1.807) is 0 Å². The van der Waals surface area contributed by atoms with Gasteiger partial charge in [-0.3, -0.25) is 4.79 Å². The zero-order chi connectivity index (χ0) is 10.4. The Morgan fingerprint density at radius 1 is 1.43 bits per heavy atom. The second-order valence-electron chi connectivity index (χ2n) is 3.34. The number of benzene rings is 1. The molecule has 0 radical (unpaired) electrons. The third-order valence-corrected chi connectivity index (χ3v) is 3.35. The van der Waals surface area contributed by atoms with E-state index in [0.717, 1.165) is 17.6 Å². The highest BCUT2D eigenvalue weighted by molar-refractivity contribution is 7.99. The first-order valence-electron chi connectivity index (χ1n) is 4.96. The van der Waals surface area contributed by atoms with Crippen molar-refractivity contribution in [1.29, 1.82) is 0 Å². The maximum atomic E-state index is 10.5. The molecular weight excluding hydrogens is 192 g/mol. The molecule has 1 rings (SSSR count). The van der Waals surface area contributed by atoms with Gasteiger partial charge in [-0.05, 0) is 36.8 Å². The van der Waals surface area contributed by atoms with Crippen LogP contribution in [0.25, 0.3) is 0 Å². The first-order chi connectivity index (χ1) is 6.77. The largest absolute Gasteiger partial charge is 0.298 e. The highest BCUT2D eigenvalue weighted by Gasteiger charge is 1.99. The predicted molar refractivity (Wildman–Crippen MR) is 62.2 cm³/mol. The molecule has 1 aromatic carbocycles. The molecule has 1 nitrogen and oxygen atoms in total. The molecule has 0 aliphatic carbocycles. The Hall–Kier alpha value is -0.760. The van der Waals surface area contributed by atoms with Crippen molar-refractivity contribution in [2.45, 2.75) is 31.6 Å². The Bertz CT molecular complexity index is 307. The molecule has 0 amide bonds. The molecule has 0 spiro atoms. The lowest BCUT2D eigenvalue weighted by molar-refractivity contribution is 0.112. The van der Waals surface area contributed by atoms with Crippen LogP contribution in [0.15, 0.2) is 23.1 Å². The van der Waals surface area contributed by atoms with Crippen LogP contribution >= 0.6 is 11.8 Å². The molecule has 0 bridgehead atoms. The van der Waals surface area contributed by atoms with Crippen LogP contribution in [0, 0.1) is 6.92 Å². The summed E-state index contributed by atoms with van der Waals surface area (Å²) in [5.74, 6) is 1.16. The number of rotatable bonds is 5. The second kappa shape index (κ2) is 5.86. The molecule has 0 aliphatic rings. The minimum Gasteiger partial charge on any atom is -0.298 e.